The van der Waals surface area contributed by atoms with Crippen LogP contribution in [0.2, 0.25) is 0 Å². The lowest BCUT2D eigenvalue weighted by molar-refractivity contribution is 0.413. The van der Waals surface area contributed by atoms with E-state index in [4.69, 9.17) is 0 Å². The molecule has 0 radical (unpaired) electrons. The zero-order valence-corrected chi connectivity index (χ0v) is 19.8. The molecular weight excluding hydrogens is 441 g/mol. The van der Waals surface area contributed by atoms with Crippen molar-refractivity contribution in [3.05, 3.63) is 87.9 Å². The molecule has 0 fully saturated rings. The Morgan fingerprint density at radius 3 is 2.52 bits per heavy atom. The Hall–Kier alpha value is -2.84. The van der Waals surface area contributed by atoms with E-state index < -0.39 is 16.1 Å². The van der Waals surface area contributed by atoms with Crippen molar-refractivity contribution in [1.29, 1.82) is 0 Å². The second-order valence-electron chi connectivity index (χ2n) is 8.97. The van der Waals surface area contributed by atoms with Gasteiger partial charge in [-0.15, -0.1) is 0 Å². The highest BCUT2D eigenvalue weighted by molar-refractivity contribution is 7.88. The van der Waals surface area contributed by atoms with E-state index in [2.05, 4.69) is 9.71 Å². The van der Waals surface area contributed by atoms with E-state index in [-0.39, 0.29) is 23.3 Å². The van der Waals surface area contributed by atoms with Crippen molar-refractivity contribution in [2.45, 2.75) is 51.1 Å². The quantitative estimate of drug-likeness (QED) is 0.595. The van der Waals surface area contributed by atoms with Gasteiger partial charge in [-0.1, -0.05) is 36.4 Å². The molecule has 8 heteroatoms. The molecule has 1 heterocycles. The molecule has 1 N–H and O–H groups in total. The highest BCUT2D eigenvalue weighted by atomic mass is 32.2. The van der Waals surface area contributed by atoms with Crippen LogP contribution < -0.4 is 10.3 Å². The van der Waals surface area contributed by atoms with Crippen LogP contribution >= 0.6 is 0 Å². The van der Waals surface area contributed by atoms with Gasteiger partial charge in [-0.05, 0) is 61.9 Å². The standard InChI is InChI=1S/C25H28FN3O3S/c1-16(2)29-15-27-23-11-10-22(28-33(3,31)32)21(24(23)25(29)30)13-17-6-4-7-18(12-17)19-8-5-9-20(26)14-19/h4-9,12,14-16,21-22,28H,10-11,13H2,1-3H3. The lowest BCUT2D eigenvalue weighted by atomic mass is 9.78. The van der Waals surface area contributed by atoms with Crippen LogP contribution in [-0.4, -0.2) is 30.3 Å². The summed E-state index contributed by atoms with van der Waals surface area (Å²) in [5.41, 5.74) is 3.75. The van der Waals surface area contributed by atoms with Crippen LogP contribution in [0.3, 0.4) is 0 Å². The lowest BCUT2D eigenvalue weighted by Gasteiger charge is -2.33. The van der Waals surface area contributed by atoms with Gasteiger partial charge in [0.25, 0.3) is 5.56 Å². The van der Waals surface area contributed by atoms with Gasteiger partial charge in [0, 0.05) is 23.6 Å². The maximum absolute atomic E-state index is 13.7. The number of sulfonamides is 1. The Kier molecular flexibility index (Phi) is 6.50. The molecule has 174 valence electrons. The summed E-state index contributed by atoms with van der Waals surface area (Å²) in [6, 6.07) is 13.6. The Bertz CT molecular complexity index is 1330. The van der Waals surface area contributed by atoms with Gasteiger partial charge in [0.05, 0.1) is 18.3 Å². The first-order chi connectivity index (χ1) is 15.6. The molecule has 0 spiro atoms. The number of hydrogen-bond donors (Lipinski definition) is 1. The van der Waals surface area contributed by atoms with Gasteiger partial charge in [-0.2, -0.15) is 0 Å². The van der Waals surface area contributed by atoms with E-state index >= 15 is 0 Å². The van der Waals surface area contributed by atoms with E-state index in [0.717, 1.165) is 28.6 Å². The maximum Gasteiger partial charge on any atom is 0.257 e. The van der Waals surface area contributed by atoms with Crippen molar-refractivity contribution in [3.63, 3.8) is 0 Å². The van der Waals surface area contributed by atoms with Crippen molar-refractivity contribution in [2.24, 2.45) is 0 Å². The molecule has 2 unspecified atom stereocenters. The van der Waals surface area contributed by atoms with Gasteiger partial charge in [-0.3, -0.25) is 9.36 Å². The molecule has 1 aromatic heterocycles. The molecule has 0 saturated carbocycles. The van der Waals surface area contributed by atoms with Crippen LogP contribution in [0, 0.1) is 5.82 Å². The summed E-state index contributed by atoms with van der Waals surface area (Å²) >= 11 is 0. The molecule has 0 amide bonds. The van der Waals surface area contributed by atoms with Gasteiger partial charge in [0.15, 0.2) is 0 Å². The van der Waals surface area contributed by atoms with Crippen molar-refractivity contribution in [2.75, 3.05) is 6.26 Å². The first-order valence-corrected chi connectivity index (χ1v) is 12.9. The lowest BCUT2D eigenvalue weighted by Crippen LogP contribution is -2.45. The topological polar surface area (TPSA) is 81.1 Å². The first-order valence-electron chi connectivity index (χ1n) is 11.0. The van der Waals surface area contributed by atoms with Crippen LogP contribution in [0.1, 0.15) is 49.0 Å². The number of nitrogens with one attached hydrogen (secondary N) is 1. The molecule has 0 bridgehead atoms. The Labute approximate surface area is 193 Å². The number of benzene rings is 2. The van der Waals surface area contributed by atoms with Gasteiger partial charge in [-0.25, -0.2) is 22.5 Å². The number of hydrogen-bond acceptors (Lipinski definition) is 4. The summed E-state index contributed by atoms with van der Waals surface area (Å²) in [5.74, 6) is -0.672. The molecule has 2 aromatic carbocycles. The molecule has 1 aliphatic carbocycles. The molecule has 0 aliphatic heterocycles. The van der Waals surface area contributed by atoms with Crippen LogP contribution in [0.5, 0.6) is 0 Å². The maximum atomic E-state index is 13.7. The minimum Gasteiger partial charge on any atom is -0.296 e. The Morgan fingerprint density at radius 1 is 1.15 bits per heavy atom. The summed E-state index contributed by atoms with van der Waals surface area (Å²) in [6.45, 7) is 3.84. The van der Waals surface area contributed by atoms with Gasteiger partial charge in [0.2, 0.25) is 10.0 Å². The molecular formula is C25H28FN3O3S. The second-order valence-corrected chi connectivity index (χ2v) is 10.7. The molecule has 0 saturated heterocycles. The number of aromatic nitrogens is 2. The summed E-state index contributed by atoms with van der Waals surface area (Å²) in [5, 5.41) is 0. The third-order valence-electron chi connectivity index (χ3n) is 6.12. The minimum atomic E-state index is -3.47. The van der Waals surface area contributed by atoms with E-state index in [0.29, 0.717) is 24.8 Å². The summed E-state index contributed by atoms with van der Waals surface area (Å²) in [7, 11) is -3.47. The van der Waals surface area contributed by atoms with Crippen molar-refractivity contribution in [1.82, 2.24) is 14.3 Å². The summed E-state index contributed by atoms with van der Waals surface area (Å²) in [6.07, 6.45) is 4.28. The number of fused-ring (bicyclic) bond motifs is 1. The number of rotatable bonds is 6. The average Bonchev–Trinajstić information content (AvgIpc) is 2.74. The van der Waals surface area contributed by atoms with Crippen LogP contribution in [0.15, 0.2) is 59.7 Å². The molecule has 2 atom stereocenters. The predicted molar refractivity (Wildman–Crippen MR) is 127 cm³/mol. The summed E-state index contributed by atoms with van der Waals surface area (Å²) < 4.78 is 42.3. The zero-order valence-electron chi connectivity index (χ0n) is 19.0. The van der Waals surface area contributed by atoms with E-state index in [9.17, 15) is 17.6 Å². The largest absolute Gasteiger partial charge is 0.296 e. The molecule has 4 rings (SSSR count). The van der Waals surface area contributed by atoms with Crippen LogP contribution in [0.4, 0.5) is 4.39 Å². The summed E-state index contributed by atoms with van der Waals surface area (Å²) in [4.78, 5) is 17.9. The zero-order chi connectivity index (χ0) is 23.8. The average molecular weight is 470 g/mol. The SMILES string of the molecule is CC(C)n1cnc2c(c1=O)C(Cc1cccc(-c3cccc(F)c3)c1)C(NS(C)(=O)=O)CC2. The van der Waals surface area contributed by atoms with Gasteiger partial charge >= 0.3 is 0 Å². The van der Waals surface area contributed by atoms with Gasteiger partial charge < -0.3 is 0 Å². The van der Waals surface area contributed by atoms with E-state index in [1.54, 1.807) is 17.0 Å². The fourth-order valence-electron chi connectivity index (χ4n) is 4.61. The van der Waals surface area contributed by atoms with Crippen molar-refractivity contribution >= 4 is 10.0 Å². The molecule has 1 aliphatic rings. The molecule has 33 heavy (non-hydrogen) atoms. The fourth-order valence-corrected chi connectivity index (χ4v) is 5.44. The van der Waals surface area contributed by atoms with Crippen LogP contribution in [0.25, 0.3) is 11.1 Å². The normalized spacial score (nSPS) is 18.3. The predicted octanol–water partition coefficient (Wildman–Crippen LogP) is 3.82. The van der Waals surface area contributed by atoms with Crippen LogP contribution in [-0.2, 0) is 22.9 Å². The minimum absolute atomic E-state index is 0.0597. The van der Waals surface area contributed by atoms with Crippen molar-refractivity contribution < 1.29 is 12.8 Å². The highest BCUT2D eigenvalue weighted by Crippen LogP contribution is 2.33. The monoisotopic (exact) mass is 469 g/mol. The number of nitrogens with zero attached hydrogens (tertiary/aromatic N) is 2. The van der Waals surface area contributed by atoms with E-state index in [1.807, 2.05) is 44.2 Å². The van der Waals surface area contributed by atoms with E-state index in [1.165, 1.54) is 12.1 Å². The first kappa shape index (κ1) is 23.3. The number of halogens is 1. The van der Waals surface area contributed by atoms with Gasteiger partial charge in [0.1, 0.15) is 5.82 Å². The third-order valence-corrected chi connectivity index (χ3v) is 6.86. The number of aryl methyl sites for hydroxylation is 1. The van der Waals surface area contributed by atoms with Crippen molar-refractivity contribution in [3.8, 4) is 11.1 Å². The fraction of sp³-hybridized carbons (Fsp3) is 0.360. The molecule has 6 nitrogen and oxygen atoms in total. The smallest absolute Gasteiger partial charge is 0.257 e. The highest BCUT2D eigenvalue weighted by Gasteiger charge is 2.35. The Balaban J connectivity index is 1.78. The third kappa shape index (κ3) is 5.23. The second kappa shape index (κ2) is 9.19. The Morgan fingerprint density at radius 2 is 1.85 bits per heavy atom. The molecule has 3 aromatic rings.